The Hall–Kier alpha value is -0.890. The Morgan fingerprint density at radius 1 is 1.44 bits per heavy atom. The van der Waals surface area contributed by atoms with E-state index in [0.29, 0.717) is 13.1 Å². The third kappa shape index (κ3) is 73.6. The second kappa shape index (κ2) is 16.5. The van der Waals surface area contributed by atoms with E-state index in [1.54, 1.807) is 6.92 Å². The van der Waals surface area contributed by atoms with E-state index in [1.807, 2.05) is 13.8 Å². The first kappa shape index (κ1) is 20.5. The first-order valence-electron chi connectivity index (χ1n) is 4.30. The molecule has 0 aliphatic carbocycles. The van der Waals surface area contributed by atoms with Crippen LogP contribution in [0, 0.1) is 0 Å². The van der Waals surface area contributed by atoms with E-state index >= 15 is 0 Å². The van der Waals surface area contributed by atoms with Gasteiger partial charge < -0.3 is 15.8 Å². The Morgan fingerprint density at radius 2 is 1.81 bits per heavy atom. The number of thiol groups is 2. The van der Waals surface area contributed by atoms with Crippen LogP contribution in [0.3, 0.4) is 0 Å². The predicted molar refractivity (Wildman–Crippen MR) is 68.9 cm³/mol. The van der Waals surface area contributed by atoms with E-state index in [2.05, 4.69) is 41.0 Å². The number of ether oxygens (including phenoxy) is 1. The molecule has 0 aromatic heterocycles. The molecule has 0 bridgehead atoms. The van der Waals surface area contributed by atoms with E-state index in [1.165, 1.54) is 0 Å². The summed E-state index contributed by atoms with van der Waals surface area (Å²) in [5, 5.41) is 1.62. The Balaban J connectivity index is -0.000000166. The number of hydrogen-bond donors (Lipinski definition) is 4. The van der Waals surface area contributed by atoms with Gasteiger partial charge >= 0.3 is 0 Å². The Morgan fingerprint density at radius 3 is 1.81 bits per heavy atom. The first-order chi connectivity index (χ1) is 7.27. The summed E-state index contributed by atoms with van der Waals surface area (Å²) in [6.45, 7) is 6.43. The molecule has 0 fully saturated rings. The lowest BCUT2D eigenvalue weighted by atomic mass is 10.4. The van der Waals surface area contributed by atoms with Gasteiger partial charge in [0.1, 0.15) is 0 Å². The first-order valence-corrected chi connectivity index (χ1v) is 5.20. The van der Waals surface area contributed by atoms with Crippen LogP contribution in [-0.4, -0.2) is 29.6 Å². The normalized spacial score (nSPS) is 7.62. The second-order valence-corrected chi connectivity index (χ2v) is 3.34. The monoisotopic (exact) mass is 270 g/mol. The molecule has 0 rings (SSSR count). The van der Waals surface area contributed by atoms with Crippen molar-refractivity contribution in [1.82, 2.24) is 5.32 Å². The topological polar surface area (TPSA) is 98.5 Å². The van der Waals surface area contributed by atoms with Crippen LogP contribution in [-0.2, 0) is 9.53 Å². The Bertz CT molecular complexity index is 196. The summed E-state index contributed by atoms with van der Waals surface area (Å²) in [4.78, 5) is 28.3. The number of nitrogens with one attached hydrogen (secondary N) is 1. The minimum absolute atomic E-state index is 0.199. The fourth-order valence-electron chi connectivity index (χ4n) is 0.315. The summed E-state index contributed by atoms with van der Waals surface area (Å²) < 4.78 is 4.15. The van der Waals surface area contributed by atoms with E-state index in [-0.39, 0.29) is 11.3 Å². The van der Waals surface area contributed by atoms with Crippen LogP contribution < -0.4 is 11.1 Å². The second-order valence-electron chi connectivity index (χ2n) is 2.49. The summed E-state index contributed by atoms with van der Waals surface area (Å²) in [7, 11) is 0. The molecular formula is C8H18N2O4S2. The third-order valence-electron chi connectivity index (χ3n) is 0.647. The van der Waals surface area contributed by atoms with E-state index in [0.717, 1.165) is 0 Å². The lowest BCUT2D eigenvalue weighted by molar-refractivity contribution is -0.128. The van der Waals surface area contributed by atoms with Crippen LogP contribution in [0.2, 0.25) is 0 Å². The van der Waals surface area contributed by atoms with Crippen LogP contribution in [0.25, 0.3) is 0 Å². The smallest absolute Gasteiger partial charge is 0.293 e. The van der Waals surface area contributed by atoms with Crippen LogP contribution in [0.15, 0.2) is 0 Å². The van der Waals surface area contributed by atoms with Crippen LogP contribution >= 0.6 is 25.3 Å². The predicted octanol–water partition coefficient (Wildman–Crippen LogP) is 1.21. The molecule has 0 aliphatic rings. The van der Waals surface area contributed by atoms with Gasteiger partial charge in [0.2, 0.25) is 0 Å². The maximum Gasteiger partial charge on any atom is 0.293 e. The van der Waals surface area contributed by atoms with Crippen LogP contribution in [0.4, 0.5) is 9.59 Å². The van der Waals surface area contributed by atoms with Crippen LogP contribution in [0.1, 0.15) is 20.8 Å². The van der Waals surface area contributed by atoms with Gasteiger partial charge in [-0.3, -0.25) is 14.4 Å². The molecule has 0 aliphatic heterocycles. The molecule has 2 amide bonds. The number of amides is 2. The van der Waals surface area contributed by atoms with Gasteiger partial charge in [-0.05, 0) is 20.8 Å². The van der Waals surface area contributed by atoms with Crippen molar-refractivity contribution in [2.45, 2.75) is 26.8 Å². The average molecular weight is 270 g/mol. The number of primary amides is 1. The van der Waals surface area contributed by atoms with Crippen molar-refractivity contribution in [1.29, 1.82) is 0 Å². The fourth-order valence-corrected chi connectivity index (χ4v) is 0.573. The summed E-state index contributed by atoms with van der Waals surface area (Å²) in [5.41, 5.74) is 4.34. The number of hydrogen-bond acceptors (Lipinski definition) is 4. The van der Waals surface area contributed by atoms with Gasteiger partial charge in [0.25, 0.3) is 17.0 Å². The van der Waals surface area contributed by atoms with Gasteiger partial charge in [-0.2, -0.15) is 0 Å². The van der Waals surface area contributed by atoms with Crippen molar-refractivity contribution in [3.05, 3.63) is 0 Å². The highest BCUT2D eigenvalue weighted by Gasteiger charge is 1.92. The molecule has 3 N–H and O–H groups in total. The molecule has 0 radical (unpaired) electrons. The zero-order chi connectivity index (χ0) is 13.6. The largest absolute Gasteiger partial charge is 0.468 e. The molecule has 0 atom stereocenters. The third-order valence-corrected chi connectivity index (χ3v) is 0.776. The molecule has 8 heteroatoms. The van der Waals surface area contributed by atoms with Crippen molar-refractivity contribution in [3.8, 4) is 0 Å². The number of carbonyl (C=O) groups excluding carboxylic acids is 3. The molecule has 0 aromatic carbocycles. The van der Waals surface area contributed by atoms with Crippen molar-refractivity contribution >= 4 is 42.2 Å². The van der Waals surface area contributed by atoms with E-state index < -0.39 is 5.24 Å². The van der Waals surface area contributed by atoms with Gasteiger partial charge in [0.05, 0.1) is 6.61 Å². The van der Waals surface area contributed by atoms with E-state index in [9.17, 15) is 9.59 Å². The van der Waals surface area contributed by atoms with Gasteiger partial charge in [-0.1, -0.05) is 25.3 Å². The van der Waals surface area contributed by atoms with Gasteiger partial charge in [-0.25, -0.2) is 0 Å². The SMILES string of the molecule is CC(C)NC(=O)S.CCOC=O.NC(=O)S. The highest BCUT2D eigenvalue weighted by molar-refractivity contribution is 7.96. The van der Waals surface area contributed by atoms with Crippen molar-refractivity contribution < 1.29 is 19.1 Å². The van der Waals surface area contributed by atoms with Crippen molar-refractivity contribution in [3.63, 3.8) is 0 Å². The summed E-state index contributed by atoms with van der Waals surface area (Å²) >= 11 is 6.59. The Kier molecular flexibility index (Phi) is 21.2. The molecule has 0 unspecified atom stereocenters. The molecule has 0 spiro atoms. The molecule has 6 nitrogen and oxygen atoms in total. The lowest BCUT2D eigenvalue weighted by Gasteiger charge is -2.01. The standard InChI is InChI=1S/C4H9NOS.C3H6O2.CH3NOS/c1-3(2)5-4(6)7;1-2-5-3-4;2-1(3)4/h3H,1-2H3,(H2,5,6,7);3H,2H2,1H3;(H3,2,3,4). The number of nitrogens with two attached hydrogens (primary N) is 1. The minimum atomic E-state index is -0.639. The molecule has 96 valence electrons. The Labute approximate surface area is 106 Å². The quantitative estimate of drug-likeness (QED) is 0.457. The lowest BCUT2D eigenvalue weighted by Crippen LogP contribution is -2.24. The average Bonchev–Trinajstić information content (AvgIpc) is 2.02. The number of rotatable bonds is 3. The molecule has 0 aromatic rings. The number of carbonyl (C=O) groups is 3. The summed E-state index contributed by atoms with van der Waals surface area (Å²) in [6, 6.07) is 0.199. The molecule has 0 saturated carbocycles. The maximum atomic E-state index is 10.0. The maximum absolute atomic E-state index is 10.0. The summed E-state index contributed by atoms with van der Waals surface area (Å²) in [5.74, 6) is 0. The van der Waals surface area contributed by atoms with Gasteiger partial charge in [0.15, 0.2) is 0 Å². The van der Waals surface area contributed by atoms with Crippen molar-refractivity contribution in [2.24, 2.45) is 5.73 Å². The highest BCUT2D eigenvalue weighted by Crippen LogP contribution is 1.80. The molecule has 0 heterocycles. The van der Waals surface area contributed by atoms with Crippen molar-refractivity contribution in [2.75, 3.05) is 6.61 Å². The fraction of sp³-hybridized carbons (Fsp3) is 0.625. The zero-order valence-electron chi connectivity index (χ0n) is 9.47. The van der Waals surface area contributed by atoms with Crippen LogP contribution in [0.5, 0.6) is 0 Å². The van der Waals surface area contributed by atoms with Gasteiger partial charge in [-0.15, -0.1) is 0 Å². The molecular weight excluding hydrogens is 252 g/mol. The minimum Gasteiger partial charge on any atom is -0.468 e. The summed E-state index contributed by atoms with van der Waals surface area (Å²) in [6.07, 6.45) is 0. The molecule has 16 heavy (non-hydrogen) atoms. The van der Waals surface area contributed by atoms with Gasteiger partial charge in [0, 0.05) is 6.04 Å². The molecule has 0 saturated heterocycles. The highest BCUT2D eigenvalue weighted by atomic mass is 32.1. The zero-order valence-corrected chi connectivity index (χ0v) is 11.3. The van der Waals surface area contributed by atoms with E-state index in [4.69, 9.17) is 4.79 Å².